The smallest absolute Gasteiger partial charge is 0.259 e. The van der Waals surface area contributed by atoms with E-state index in [1.807, 2.05) is 36.4 Å². The van der Waals surface area contributed by atoms with Crippen molar-refractivity contribution in [3.8, 4) is 5.75 Å². The number of ether oxygens (including phenoxy) is 2. The standard InChI is InChI=1S/C19H24N2O4/c1-20(2)19(22)14-25-16-7-4-3-6-15(16)12-21-9-11-24-18(13-21)17-8-5-10-23-17/h3-8,10,18H,9,11-14H2,1-2H3. The summed E-state index contributed by atoms with van der Waals surface area (Å²) in [6.07, 6.45) is 1.62. The third kappa shape index (κ3) is 4.61. The van der Waals surface area contributed by atoms with Gasteiger partial charge in [-0.25, -0.2) is 0 Å². The Hall–Kier alpha value is -2.31. The molecule has 2 aromatic rings. The lowest BCUT2D eigenvalue weighted by Gasteiger charge is -2.32. The van der Waals surface area contributed by atoms with Crippen LogP contribution in [0.3, 0.4) is 0 Å². The van der Waals surface area contributed by atoms with Crippen LogP contribution in [0.25, 0.3) is 0 Å². The average Bonchev–Trinajstić information content (AvgIpc) is 3.15. The fourth-order valence-electron chi connectivity index (χ4n) is 2.78. The molecule has 134 valence electrons. The normalized spacial score (nSPS) is 18.1. The largest absolute Gasteiger partial charge is 0.483 e. The van der Waals surface area contributed by atoms with E-state index in [1.54, 1.807) is 20.4 Å². The molecule has 1 fully saturated rings. The summed E-state index contributed by atoms with van der Waals surface area (Å²) < 4.78 is 17.0. The van der Waals surface area contributed by atoms with Gasteiger partial charge in [0.1, 0.15) is 17.6 Å². The molecule has 1 amide bonds. The van der Waals surface area contributed by atoms with Crippen molar-refractivity contribution < 1.29 is 18.7 Å². The average molecular weight is 344 g/mol. The Kier molecular flexibility index (Phi) is 5.73. The lowest BCUT2D eigenvalue weighted by Crippen LogP contribution is -2.37. The van der Waals surface area contributed by atoms with Crippen LogP contribution in [0.15, 0.2) is 47.1 Å². The summed E-state index contributed by atoms with van der Waals surface area (Å²) in [7, 11) is 3.44. The molecule has 1 aliphatic rings. The predicted octanol–water partition coefficient (Wildman–Crippen LogP) is 2.32. The van der Waals surface area contributed by atoms with Gasteiger partial charge < -0.3 is 18.8 Å². The Balaban J connectivity index is 1.63. The summed E-state index contributed by atoms with van der Waals surface area (Å²) in [5.41, 5.74) is 1.06. The van der Waals surface area contributed by atoms with Crippen molar-refractivity contribution in [1.82, 2.24) is 9.80 Å². The molecule has 3 rings (SSSR count). The molecule has 1 aliphatic heterocycles. The van der Waals surface area contributed by atoms with Gasteiger partial charge in [0.2, 0.25) is 0 Å². The maximum absolute atomic E-state index is 11.8. The van der Waals surface area contributed by atoms with Crippen LogP contribution in [0.5, 0.6) is 5.75 Å². The van der Waals surface area contributed by atoms with Gasteiger partial charge in [0.15, 0.2) is 6.61 Å². The van der Waals surface area contributed by atoms with Crippen LogP contribution in [-0.2, 0) is 16.1 Å². The van der Waals surface area contributed by atoms with E-state index in [4.69, 9.17) is 13.9 Å². The third-order valence-electron chi connectivity index (χ3n) is 4.23. The molecule has 1 aromatic heterocycles. The number of hydrogen-bond donors (Lipinski definition) is 0. The third-order valence-corrected chi connectivity index (χ3v) is 4.23. The molecule has 0 N–H and O–H groups in total. The molecule has 1 unspecified atom stereocenters. The van der Waals surface area contributed by atoms with E-state index in [1.165, 1.54) is 4.90 Å². The minimum Gasteiger partial charge on any atom is -0.483 e. The van der Waals surface area contributed by atoms with E-state index in [9.17, 15) is 4.79 Å². The summed E-state index contributed by atoms with van der Waals surface area (Å²) in [5.74, 6) is 1.55. The number of amides is 1. The first-order valence-electron chi connectivity index (χ1n) is 8.41. The van der Waals surface area contributed by atoms with Crippen LogP contribution in [0.2, 0.25) is 0 Å². The molecular formula is C19H24N2O4. The predicted molar refractivity (Wildman–Crippen MR) is 93.3 cm³/mol. The van der Waals surface area contributed by atoms with Crippen LogP contribution >= 0.6 is 0 Å². The molecule has 0 bridgehead atoms. The maximum Gasteiger partial charge on any atom is 0.259 e. The first-order valence-corrected chi connectivity index (χ1v) is 8.41. The molecule has 6 heteroatoms. The molecule has 6 nitrogen and oxygen atoms in total. The van der Waals surface area contributed by atoms with Crippen molar-refractivity contribution in [1.29, 1.82) is 0 Å². The topological polar surface area (TPSA) is 55.2 Å². The van der Waals surface area contributed by atoms with Gasteiger partial charge in [0, 0.05) is 39.3 Å². The summed E-state index contributed by atoms with van der Waals surface area (Å²) in [5, 5.41) is 0. The molecule has 1 aromatic carbocycles. The zero-order chi connectivity index (χ0) is 17.6. The van der Waals surface area contributed by atoms with Gasteiger partial charge in [-0.15, -0.1) is 0 Å². The van der Waals surface area contributed by atoms with E-state index >= 15 is 0 Å². The van der Waals surface area contributed by atoms with Gasteiger partial charge in [-0.1, -0.05) is 18.2 Å². The lowest BCUT2D eigenvalue weighted by atomic mass is 10.1. The van der Waals surface area contributed by atoms with Crippen molar-refractivity contribution >= 4 is 5.91 Å². The minimum absolute atomic E-state index is 0.0438. The SMILES string of the molecule is CN(C)C(=O)COc1ccccc1CN1CCOC(c2ccco2)C1. The molecule has 1 saturated heterocycles. The highest BCUT2D eigenvalue weighted by molar-refractivity contribution is 5.77. The van der Waals surface area contributed by atoms with E-state index < -0.39 is 0 Å². The first kappa shape index (κ1) is 17.5. The quantitative estimate of drug-likeness (QED) is 0.805. The highest BCUT2D eigenvalue weighted by Gasteiger charge is 2.24. The number of para-hydroxylation sites is 1. The van der Waals surface area contributed by atoms with Gasteiger partial charge in [-0.2, -0.15) is 0 Å². The second kappa shape index (κ2) is 8.18. The first-order chi connectivity index (χ1) is 12.1. The minimum atomic E-state index is -0.0564. The molecule has 2 heterocycles. The number of hydrogen-bond acceptors (Lipinski definition) is 5. The molecule has 0 radical (unpaired) electrons. The summed E-state index contributed by atoms with van der Waals surface area (Å²) in [6.45, 7) is 3.06. The van der Waals surface area contributed by atoms with Crippen LogP contribution in [0.4, 0.5) is 0 Å². The van der Waals surface area contributed by atoms with Gasteiger partial charge in [0.05, 0.1) is 12.9 Å². The number of carbonyl (C=O) groups is 1. The number of furan rings is 1. The van der Waals surface area contributed by atoms with Crippen molar-refractivity contribution in [3.05, 3.63) is 54.0 Å². The molecule has 0 saturated carbocycles. The summed E-state index contributed by atoms with van der Waals surface area (Å²) >= 11 is 0. The Morgan fingerprint density at radius 3 is 2.88 bits per heavy atom. The van der Waals surface area contributed by atoms with Crippen LogP contribution in [0.1, 0.15) is 17.4 Å². The molecule has 0 aliphatic carbocycles. The Labute approximate surface area is 147 Å². The van der Waals surface area contributed by atoms with Gasteiger partial charge in [-0.05, 0) is 18.2 Å². The Morgan fingerprint density at radius 2 is 2.12 bits per heavy atom. The second-order valence-electron chi connectivity index (χ2n) is 6.29. The lowest BCUT2D eigenvalue weighted by molar-refractivity contribution is -0.130. The fourth-order valence-corrected chi connectivity index (χ4v) is 2.78. The van der Waals surface area contributed by atoms with E-state index in [0.29, 0.717) is 6.61 Å². The van der Waals surface area contributed by atoms with Crippen LogP contribution < -0.4 is 4.74 Å². The fraction of sp³-hybridized carbons (Fsp3) is 0.421. The number of likely N-dealkylation sites (N-methyl/N-ethyl adjacent to an activating group) is 1. The van der Waals surface area contributed by atoms with Crippen molar-refractivity contribution in [2.75, 3.05) is 40.4 Å². The van der Waals surface area contributed by atoms with E-state index in [0.717, 1.165) is 36.7 Å². The molecular weight excluding hydrogens is 320 g/mol. The summed E-state index contributed by atoms with van der Waals surface area (Å²) in [6, 6.07) is 11.7. The number of benzene rings is 1. The Morgan fingerprint density at radius 1 is 1.28 bits per heavy atom. The van der Waals surface area contributed by atoms with Crippen molar-refractivity contribution in [2.24, 2.45) is 0 Å². The summed E-state index contributed by atoms with van der Waals surface area (Å²) in [4.78, 5) is 15.6. The number of carbonyl (C=O) groups excluding carboxylic acids is 1. The van der Waals surface area contributed by atoms with Crippen molar-refractivity contribution in [3.63, 3.8) is 0 Å². The number of rotatable bonds is 6. The van der Waals surface area contributed by atoms with E-state index in [-0.39, 0.29) is 18.6 Å². The van der Waals surface area contributed by atoms with Crippen LogP contribution in [0, 0.1) is 0 Å². The highest BCUT2D eigenvalue weighted by atomic mass is 16.5. The van der Waals surface area contributed by atoms with Crippen LogP contribution in [-0.4, -0.2) is 56.1 Å². The van der Waals surface area contributed by atoms with Gasteiger partial charge in [0.25, 0.3) is 5.91 Å². The van der Waals surface area contributed by atoms with Gasteiger partial charge in [-0.3, -0.25) is 9.69 Å². The second-order valence-corrected chi connectivity index (χ2v) is 6.29. The van der Waals surface area contributed by atoms with Gasteiger partial charge >= 0.3 is 0 Å². The molecule has 0 spiro atoms. The number of nitrogens with zero attached hydrogens (tertiary/aromatic N) is 2. The molecule has 1 atom stereocenters. The molecule has 25 heavy (non-hydrogen) atoms. The Bertz CT molecular complexity index is 684. The monoisotopic (exact) mass is 344 g/mol. The van der Waals surface area contributed by atoms with Crippen molar-refractivity contribution in [2.45, 2.75) is 12.6 Å². The van der Waals surface area contributed by atoms with E-state index in [2.05, 4.69) is 4.90 Å². The zero-order valence-electron chi connectivity index (χ0n) is 14.7. The highest BCUT2D eigenvalue weighted by Crippen LogP contribution is 2.26. The maximum atomic E-state index is 11.8. The number of morpholine rings is 1. The zero-order valence-corrected chi connectivity index (χ0v) is 14.7.